The molecule has 2 atom stereocenters. The number of hydrogen-bond donors (Lipinski definition) is 5. The number of hydrogen-bond acceptors (Lipinski definition) is 20. The summed E-state index contributed by atoms with van der Waals surface area (Å²) in [6.45, 7) is 13.1. The van der Waals surface area contributed by atoms with Crippen molar-refractivity contribution in [1.29, 1.82) is 0 Å². The lowest BCUT2D eigenvalue weighted by atomic mass is 10.0. The smallest absolute Gasteiger partial charge is 0.410 e. The maximum atomic E-state index is 13.4. The number of rotatable bonds is 39. The van der Waals surface area contributed by atoms with Crippen LogP contribution in [0.1, 0.15) is 81.7 Å². The standard InChI is InChI=1S/C74H88N10O16S/c1-50(2)69(81-67(86)31-33-93-35-37-95-39-41-97-43-44-98-42-40-96-38-36-94-34-32-76-66(85)29-30-68(87)84-48-59-13-8-7-11-55(59)21-22-58-12-9-10-14-64(58)84)73(89)78-52(5)72(88)79-60-25-17-54(18-26-60)49-99-74(90)83(6)47-53-15-19-56(20-16-53)62-45-65(100-82-62)70-71(75)77-46-63(80-70)57-23-27-61(28-24-57)101(91,92)51(3)4/h7-20,23-28,45-46,50-52,69H,29-44,47-49H2,1-6H3,(H2,75,77)(H,76,85)(H,78,89)(H,79,88)(H,81,86)/t52-,69-/m0/s1. The van der Waals surface area contributed by atoms with Crippen LogP contribution in [0.3, 0.4) is 0 Å². The lowest BCUT2D eigenvalue weighted by Gasteiger charge is -2.26. The van der Waals surface area contributed by atoms with Crippen LogP contribution in [0.2, 0.25) is 0 Å². The molecule has 536 valence electrons. The van der Waals surface area contributed by atoms with Crippen LogP contribution in [0.4, 0.5) is 22.0 Å². The van der Waals surface area contributed by atoms with Gasteiger partial charge in [0.1, 0.15) is 24.4 Å². The van der Waals surface area contributed by atoms with Crippen LogP contribution in [0.15, 0.2) is 143 Å². The first kappa shape index (κ1) is 76.8. The number of nitrogens with one attached hydrogen (secondary N) is 4. The second kappa shape index (κ2) is 39.2. The average molecular weight is 1410 g/mol. The number of aromatic nitrogens is 3. The van der Waals surface area contributed by atoms with Crippen molar-refractivity contribution in [2.45, 2.75) is 95.8 Å². The van der Waals surface area contributed by atoms with E-state index < -0.39 is 45.1 Å². The normalized spacial score (nSPS) is 12.4. The van der Waals surface area contributed by atoms with E-state index in [1.807, 2.05) is 72.8 Å². The predicted octanol–water partition coefficient (Wildman–Crippen LogP) is 7.92. The van der Waals surface area contributed by atoms with Gasteiger partial charge in [0.15, 0.2) is 27.1 Å². The summed E-state index contributed by atoms with van der Waals surface area (Å²) in [6.07, 6.45) is 1.06. The van der Waals surface area contributed by atoms with E-state index in [2.05, 4.69) is 48.2 Å². The van der Waals surface area contributed by atoms with Gasteiger partial charge >= 0.3 is 6.09 Å². The second-order valence-corrected chi connectivity index (χ2v) is 26.7. The number of carbonyl (C=O) groups excluding carboxylic acids is 6. The number of nitrogen functional groups attached to an aromatic ring is 1. The summed E-state index contributed by atoms with van der Waals surface area (Å²) < 4.78 is 69.7. The van der Waals surface area contributed by atoms with Gasteiger partial charge in [-0.1, -0.05) is 110 Å². The molecule has 27 heteroatoms. The maximum absolute atomic E-state index is 13.4. The van der Waals surface area contributed by atoms with Gasteiger partial charge in [-0.3, -0.25) is 24.0 Å². The topological polar surface area (TPSA) is 334 Å². The van der Waals surface area contributed by atoms with Gasteiger partial charge in [0, 0.05) is 73.4 Å². The summed E-state index contributed by atoms with van der Waals surface area (Å²) in [5.74, 6) is 4.74. The fourth-order valence-electron chi connectivity index (χ4n) is 10.1. The number of sulfone groups is 1. The lowest BCUT2D eigenvalue weighted by Crippen LogP contribution is -2.53. The Labute approximate surface area is 588 Å². The van der Waals surface area contributed by atoms with Gasteiger partial charge in [0.2, 0.25) is 29.5 Å². The highest BCUT2D eigenvalue weighted by molar-refractivity contribution is 7.92. The molecule has 0 saturated carbocycles. The van der Waals surface area contributed by atoms with Crippen LogP contribution >= 0.6 is 0 Å². The zero-order chi connectivity index (χ0) is 72.1. The van der Waals surface area contributed by atoms with E-state index in [4.69, 9.17) is 43.4 Å². The van der Waals surface area contributed by atoms with E-state index in [1.54, 1.807) is 82.1 Å². The second-order valence-electron chi connectivity index (χ2n) is 24.2. The quantitative estimate of drug-likeness (QED) is 0.0180. The van der Waals surface area contributed by atoms with E-state index in [0.29, 0.717) is 107 Å². The molecule has 7 aromatic rings. The van der Waals surface area contributed by atoms with Crippen LogP contribution in [0.25, 0.3) is 34.0 Å². The van der Waals surface area contributed by atoms with Crippen LogP contribution in [-0.4, -0.2) is 174 Å². The first-order chi connectivity index (χ1) is 48.7. The molecule has 1 aliphatic rings. The van der Waals surface area contributed by atoms with Crippen molar-refractivity contribution >= 4 is 62.7 Å². The average Bonchev–Trinajstić information content (AvgIpc) is 1.71. The molecule has 0 bridgehead atoms. The third-order valence-corrected chi connectivity index (χ3v) is 18.0. The van der Waals surface area contributed by atoms with Gasteiger partial charge < -0.3 is 74.5 Å². The molecule has 101 heavy (non-hydrogen) atoms. The van der Waals surface area contributed by atoms with Gasteiger partial charge in [-0.05, 0) is 85.8 Å². The summed E-state index contributed by atoms with van der Waals surface area (Å²) in [4.78, 5) is 90.5. The summed E-state index contributed by atoms with van der Waals surface area (Å²) in [5, 5.41) is 14.7. The fraction of sp³-hybridized carbons (Fsp3) is 0.392. The molecular formula is C74H88N10O16S. The van der Waals surface area contributed by atoms with Crippen molar-refractivity contribution in [3.8, 4) is 45.8 Å². The van der Waals surface area contributed by atoms with E-state index in [-0.39, 0.29) is 91.4 Å². The molecule has 26 nitrogen and oxygen atoms in total. The van der Waals surface area contributed by atoms with E-state index in [0.717, 1.165) is 33.5 Å². The number of nitrogens with zero attached hydrogens (tertiary/aromatic N) is 5. The molecule has 0 fully saturated rings. The highest BCUT2D eigenvalue weighted by atomic mass is 32.2. The number of anilines is 3. The largest absolute Gasteiger partial charge is 0.445 e. The van der Waals surface area contributed by atoms with Crippen molar-refractivity contribution in [2.24, 2.45) is 5.92 Å². The number of para-hydroxylation sites is 1. The molecule has 6 amide bonds. The summed E-state index contributed by atoms with van der Waals surface area (Å²) in [7, 11) is -1.82. The first-order valence-electron chi connectivity index (χ1n) is 33.4. The minimum absolute atomic E-state index is 0.00646. The molecule has 2 aromatic heterocycles. The molecule has 0 radical (unpaired) electrons. The minimum atomic E-state index is -3.44. The first-order valence-corrected chi connectivity index (χ1v) is 34.9. The molecule has 3 heterocycles. The van der Waals surface area contributed by atoms with Gasteiger partial charge in [-0.25, -0.2) is 23.2 Å². The summed E-state index contributed by atoms with van der Waals surface area (Å²) >= 11 is 0. The van der Waals surface area contributed by atoms with E-state index in [9.17, 15) is 37.2 Å². The van der Waals surface area contributed by atoms with Crippen LogP contribution < -0.4 is 31.9 Å². The number of ether oxygens (including phenoxy) is 7. The predicted molar refractivity (Wildman–Crippen MR) is 378 cm³/mol. The molecule has 5 aromatic carbocycles. The van der Waals surface area contributed by atoms with Crippen molar-refractivity contribution in [1.82, 2.24) is 36.0 Å². The third-order valence-electron chi connectivity index (χ3n) is 15.9. The minimum Gasteiger partial charge on any atom is -0.445 e. The Morgan fingerprint density at radius 1 is 0.634 bits per heavy atom. The molecule has 1 aliphatic heterocycles. The Bertz CT molecular complexity index is 4070. The zero-order valence-electron chi connectivity index (χ0n) is 57.7. The molecule has 6 N–H and O–H groups in total. The number of fused-ring (bicyclic) bond motifs is 2. The van der Waals surface area contributed by atoms with Gasteiger partial charge in [-0.15, -0.1) is 0 Å². The summed E-state index contributed by atoms with van der Waals surface area (Å²) in [5.41, 5.74) is 14.1. The number of carbonyl (C=O) groups is 6. The van der Waals surface area contributed by atoms with Crippen molar-refractivity contribution < 1.29 is 74.9 Å². The molecule has 0 unspecified atom stereocenters. The molecular weight excluding hydrogens is 1320 g/mol. The maximum Gasteiger partial charge on any atom is 0.410 e. The molecule has 0 aliphatic carbocycles. The highest BCUT2D eigenvalue weighted by Crippen LogP contribution is 2.31. The van der Waals surface area contributed by atoms with E-state index in [1.165, 1.54) is 30.2 Å². The lowest BCUT2D eigenvalue weighted by molar-refractivity contribution is -0.132. The highest BCUT2D eigenvalue weighted by Gasteiger charge is 2.28. The monoisotopic (exact) mass is 1400 g/mol. The van der Waals surface area contributed by atoms with Crippen LogP contribution in [0, 0.1) is 17.8 Å². The third kappa shape index (κ3) is 23.9. The Balaban J connectivity index is 0.601. The molecule has 0 spiro atoms. The van der Waals surface area contributed by atoms with Gasteiger partial charge in [0.05, 0.1) is 114 Å². The van der Waals surface area contributed by atoms with Gasteiger partial charge in [0.25, 0.3) is 0 Å². The Kier molecular flexibility index (Phi) is 29.8. The summed E-state index contributed by atoms with van der Waals surface area (Å²) in [6, 6.07) is 35.6. The van der Waals surface area contributed by atoms with E-state index >= 15 is 0 Å². The zero-order valence-corrected chi connectivity index (χ0v) is 58.5. The number of benzene rings is 5. The van der Waals surface area contributed by atoms with Crippen molar-refractivity contribution in [2.75, 3.05) is 109 Å². The Hall–Kier alpha value is -9.92. The van der Waals surface area contributed by atoms with Crippen LogP contribution in [0.5, 0.6) is 0 Å². The number of nitrogens with two attached hydrogens (primary N) is 1. The van der Waals surface area contributed by atoms with Crippen LogP contribution in [-0.2, 0) is 86.7 Å². The Morgan fingerprint density at radius 2 is 1.21 bits per heavy atom. The van der Waals surface area contributed by atoms with Crippen molar-refractivity contribution in [3.63, 3.8) is 0 Å². The SMILES string of the molecule is CC(C)[C@H](NC(=O)CCOCCOCCOCCOCCOCCOCCNC(=O)CCC(=O)N1Cc2ccccc2C#Cc2ccccc21)C(=O)N[C@@H](C)C(=O)Nc1ccc(COC(=O)N(C)Cc2ccc(-c3cc(-c4nc(-c5ccc(S(=O)(=O)C(C)C)cc5)cnc4N)on3)cc2)cc1. The molecule has 8 rings (SSSR count). The number of amides is 6. The molecule has 0 saturated heterocycles. The van der Waals surface area contributed by atoms with Gasteiger partial charge in [-0.2, -0.15) is 0 Å². The fourth-order valence-corrected chi connectivity index (χ4v) is 11.1. The van der Waals surface area contributed by atoms with Crippen molar-refractivity contribution in [3.05, 3.63) is 161 Å². The Morgan fingerprint density at radius 3 is 1.85 bits per heavy atom.